The maximum absolute atomic E-state index is 5.52. The Morgan fingerprint density at radius 2 is 1.81 bits per heavy atom. The Labute approximate surface area is 99.3 Å². The van der Waals surface area contributed by atoms with E-state index in [9.17, 15) is 0 Å². The number of nitrogens with zero attached hydrogens (tertiary/aromatic N) is 2. The summed E-state index contributed by atoms with van der Waals surface area (Å²) in [5.41, 5.74) is 2.72. The molecule has 1 aliphatic rings. The van der Waals surface area contributed by atoms with E-state index in [1.165, 1.54) is 12.8 Å². The van der Waals surface area contributed by atoms with Crippen molar-refractivity contribution < 1.29 is 0 Å². The molecule has 94 valence electrons. The second-order valence-corrected chi connectivity index (χ2v) is 5.26. The fourth-order valence-electron chi connectivity index (χ4n) is 2.23. The van der Waals surface area contributed by atoms with Crippen molar-refractivity contribution in [1.29, 1.82) is 0 Å². The van der Waals surface area contributed by atoms with E-state index in [2.05, 4.69) is 43.0 Å². The van der Waals surface area contributed by atoms with Crippen LogP contribution in [0.4, 0.5) is 0 Å². The molecule has 4 heteroatoms. The highest BCUT2D eigenvalue weighted by Crippen LogP contribution is 2.24. The summed E-state index contributed by atoms with van der Waals surface area (Å²) in [5, 5.41) is 0. The predicted molar refractivity (Wildman–Crippen MR) is 69.0 cm³/mol. The SMILES string of the molecule is CC(C)N=C(NN)N1CCC(C(C)C)CC1. The van der Waals surface area contributed by atoms with Gasteiger partial charge in [0.15, 0.2) is 0 Å². The lowest BCUT2D eigenvalue weighted by molar-refractivity contribution is 0.215. The first-order chi connectivity index (χ1) is 7.54. The maximum atomic E-state index is 5.52. The third-order valence-corrected chi connectivity index (χ3v) is 3.29. The molecule has 4 nitrogen and oxygen atoms in total. The van der Waals surface area contributed by atoms with Gasteiger partial charge in [0, 0.05) is 19.1 Å². The van der Waals surface area contributed by atoms with Gasteiger partial charge in [-0.1, -0.05) is 13.8 Å². The number of hydrogen-bond acceptors (Lipinski definition) is 2. The Kier molecular flexibility index (Phi) is 5.06. The fraction of sp³-hybridized carbons (Fsp3) is 0.917. The summed E-state index contributed by atoms with van der Waals surface area (Å²) in [4.78, 5) is 6.76. The first kappa shape index (κ1) is 13.3. The molecule has 0 spiro atoms. The second kappa shape index (κ2) is 6.09. The lowest BCUT2D eigenvalue weighted by atomic mass is 9.87. The van der Waals surface area contributed by atoms with Crippen LogP contribution < -0.4 is 11.3 Å². The van der Waals surface area contributed by atoms with Crippen LogP contribution in [-0.4, -0.2) is 30.0 Å². The van der Waals surface area contributed by atoms with Gasteiger partial charge < -0.3 is 4.90 Å². The number of piperidine rings is 1. The summed E-state index contributed by atoms with van der Waals surface area (Å²) in [5.74, 6) is 8.01. The molecule has 0 aromatic rings. The minimum absolute atomic E-state index is 0.286. The van der Waals surface area contributed by atoms with Crippen LogP contribution in [0, 0.1) is 11.8 Å². The number of hydrazine groups is 1. The minimum atomic E-state index is 0.286. The molecule has 0 unspecified atom stereocenters. The molecule has 0 atom stereocenters. The Balaban J connectivity index is 2.51. The molecule has 1 fully saturated rings. The molecular weight excluding hydrogens is 200 g/mol. The molecule has 0 amide bonds. The van der Waals surface area contributed by atoms with Crippen LogP contribution in [-0.2, 0) is 0 Å². The highest BCUT2D eigenvalue weighted by Gasteiger charge is 2.23. The van der Waals surface area contributed by atoms with Crippen LogP contribution in [0.5, 0.6) is 0 Å². The quantitative estimate of drug-likeness (QED) is 0.325. The molecule has 3 N–H and O–H groups in total. The van der Waals surface area contributed by atoms with Crippen LogP contribution in [0.2, 0.25) is 0 Å². The van der Waals surface area contributed by atoms with E-state index in [-0.39, 0.29) is 6.04 Å². The van der Waals surface area contributed by atoms with Crippen molar-refractivity contribution in [2.75, 3.05) is 13.1 Å². The zero-order chi connectivity index (χ0) is 12.1. The predicted octanol–water partition coefficient (Wildman–Crippen LogP) is 1.58. The number of nitrogens with one attached hydrogen (secondary N) is 1. The number of likely N-dealkylation sites (tertiary alicyclic amines) is 1. The van der Waals surface area contributed by atoms with Crippen LogP contribution in [0.15, 0.2) is 4.99 Å². The van der Waals surface area contributed by atoms with E-state index >= 15 is 0 Å². The smallest absolute Gasteiger partial charge is 0.208 e. The largest absolute Gasteiger partial charge is 0.342 e. The van der Waals surface area contributed by atoms with E-state index in [4.69, 9.17) is 5.84 Å². The van der Waals surface area contributed by atoms with Crippen LogP contribution >= 0.6 is 0 Å². The Bertz CT molecular complexity index is 227. The van der Waals surface area contributed by atoms with Crippen molar-refractivity contribution in [3.8, 4) is 0 Å². The highest BCUT2D eigenvalue weighted by molar-refractivity contribution is 5.79. The summed E-state index contributed by atoms with van der Waals surface area (Å²) in [6.07, 6.45) is 2.49. The van der Waals surface area contributed by atoms with E-state index < -0.39 is 0 Å². The third kappa shape index (κ3) is 3.67. The van der Waals surface area contributed by atoms with Gasteiger partial charge >= 0.3 is 0 Å². The molecule has 16 heavy (non-hydrogen) atoms. The van der Waals surface area contributed by atoms with Gasteiger partial charge in [-0.15, -0.1) is 0 Å². The van der Waals surface area contributed by atoms with Gasteiger partial charge in [-0.05, 0) is 38.5 Å². The van der Waals surface area contributed by atoms with E-state index in [1.54, 1.807) is 0 Å². The molecule has 1 aliphatic heterocycles. The summed E-state index contributed by atoms with van der Waals surface area (Å²) >= 11 is 0. The topological polar surface area (TPSA) is 53.6 Å². The zero-order valence-corrected chi connectivity index (χ0v) is 11.0. The molecule has 0 radical (unpaired) electrons. The van der Waals surface area contributed by atoms with E-state index in [0.717, 1.165) is 30.9 Å². The molecule has 0 bridgehead atoms. The average molecular weight is 226 g/mol. The average Bonchev–Trinajstić information content (AvgIpc) is 2.25. The van der Waals surface area contributed by atoms with Gasteiger partial charge in [-0.2, -0.15) is 0 Å². The van der Waals surface area contributed by atoms with Crippen molar-refractivity contribution in [2.24, 2.45) is 22.7 Å². The molecule has 0 saturated carbocycles. The summed E-state index contributed by atoms with van der Waals surface area (Å²) in [6, 6.07) is 0.286. The van der Waals surface area contributed by atoms with Gasteiger partial charge in [-0.25, -0.2) is 10.8 Å². The number of guanidine groups is 1. The van der Waals surface area contributed by atoms with Gasteiger partial charge in [0.25, 0.3) is 0 Å². The summed E-state index contributed by atoms with van der Waals surface area (Å²) < 4.78 is 0. The normalized spacial score (nSPS) is 19.7. The molecular formula is C12H26N4. The lowest BCUT2D eigenvalue weighted by Gasteiger charge is -2.35. The number of aliphatic imine (C=N–C) groups is 1. The van der Waals surface area contributed by atoms with Crippen LogP contribution in [0.1, 0.15) is 40.5 Å². The Morgan fingerprint density at radius 1 is 1.25 bits per heavy atom. The molecule has 0 aliphatic carbocycles. The lowest BCUT2D eigenvalue weighted by Crippen LogP contribution is -2.49. The molecule has 0 aromatic heterocycles. The van der Waals surface area contributed by atoms with E-state index in [1.807, 2.05) is 0 Å². The molecule has 1 saturated heterocycles. The maximum Gasteiger partial charge on any atom is 0.208 e. The van der Waals surface area contributed by atoms with Gasteiger partial charge in [0.05, 0.1) is 0 Å². The third-order valence-electron chi connectivity index (χ3n) is 3.29. The summed E-state index contributed by atoms with van der Waals surface area (Å²) in [6.45, 7) is 10.9. The van der Waals surface area contributed by atoms with Crippen molar-refractivity contribution in [1.82, 2.24) is 10.3 Å². The monoisotopic (exact) mass is 226 g/mol. The number of rotatable bonds is 2. The number of hydrogen-bond donors (Lipinski definition) is 2. The molecule has 1 heterocycles. The standard InChI is InChI=1S/C12H26N4/c1-9(2)11-5-7-16(8-6-11)12(15-13)14-10(3)4/h9-11H,5-8,13H2,1-4H3,(H,14,15). The molecule has 0 aromatic carbocycles. The number of nitrogens with two attached hydrogens (primary N) is 1. The van der Waals surface area contributed by atoms with Crippen molar-refractivity contribution in [3.05, 3.63) is 0 Å². The minimum Gasteiger partial charge on any atom is -0.342 e. The highest BCUT2D eigenvalue weighted by atomic mass is 15.4. The Hall–Kier alpha value is -0.770. The van der Waals surface area contributed by atoms with Gasteiger partial charge in [0.1, 0.15) is 0 Å². The van der Waals surface area contributed by atoms with Crippen molar-refractivity contribution in [2.45, 2.75) is 46.6 Å². The first-order valence-corrected chi connectivity index (χ1v) is 6.34. The van der Waals surface area contributed by atoms with Crippen molar-refractivity contribution in [3.63, 3.8) is 0 Å². The van der Waals surface area contributed by atoms with Crippen LogP contribution in [0.25, 0.3) is 0 Å². The molecule has 1 rings (SSSR count). The Morgan fingerprint density at radius 3 is 2.19 bits per heavy atom. The zero-order valence-electron chi connectivity index (χ0n) is 11.0. The fourth-order valence-corrected chi connectivity index (χ4v) is 2.23. The van der Waals surface area contributed by atoms with Crippen LogP contribution in [0.3, 0.4) is 0 Å². The summed E-state index contributed by atoms with van der Waals surface area (Å²) in [7, 11) is 0. The van der Waals surface area contributed by atoms with Gasteiger partial charge in [-0.3, -0.25) is 5.43 Å². The van der Waals surface area contributed by atoms with E-state index in [0.29, 0.717) is 0 Å². The first-order valence-electron chi connectivity index (χ1n) is 6.34. The van der Waals surface area contributed by atoms with Crippen molar-refractivity contribution >= 4 is 5.96 Å². The van der Waals surface area contributed by atoms with Gasteiger partial charge in [0.2, 0.25) is 5.96 Å². The second-order valence-electron chi connectivity index (χ2n) is 5.26.